The number of halogens is 1. The first-order valence-electron chi connectivity index (χ1n) is 5.18. The van der Waals surface area contributed by atoms with Crippen LogP contribution in [0.2, 0.25) is 0 Å². The van der Waals surface area contributed by atoms with Crippen molar-refractivity contribution in [2.45, 2.75) is 5.88 Å². The summed E-state index contributed by atoms with van der Waals surface area (Å²) in [4.78, 5) is 8.33. The van der Waals surface area contributed by atoms with Gasteiger partial charge in [-0.25, -0.2) is 14.6 Å². The normalized spacial score (nSPS) is 10.9. The van der Waals surface area contributed by atoms with E-state index in [1.165, 1.54) is 6.33 Å². The molecule has 0 N–H and O–H groups in total. The van der Waals surface area contributed by atoms with Gasteiger partial charge in [-0.2, -0.15) is 5.10 Å². The van der Waals surface area contributed by atoms with Gasteiger partial charge in [0.15, 0.2) is 5.82 Å². The van der Waals surface area contributed by atoms with Crippen LogP contribution in [0.15, 0.2) is 43.1 Å². The van der Waals surface area contributed by atoms with E-state index in [2.05, 4.69) is 15.1 Å². The molecule has 0 radical (unpaired) electrons. The summed E-state index contributed by atoms with van der Waals surface area (Å²) in [6, 6.07) is 8.01. The molecule has 0 saturated heterocycles. The van der Waals surface area contributed by atoms with E-state index in [0.29, 0.717) is 5.88 Å². The highest BCUT2D eigenvalue weighted by atomic mass is 35.5. The Morgan fingerprint density at radius 2 is 2.00 bits per heavy atom. The highest BCUT2D eigenvalue weighted by Crippen LogP contribution is 2.23. The van der Waals surface area contributed by atoms with Crippen molar-refractivity contribution in [3.63, 3.8) is 0 Å². The molecule has 3 aromatic rings. The summed E-state index contributed by atoms with van der Waals surface area (Å²) in [5.74, 6) is 1.22. The number of hydrogen-bond donors (Lipinski definition) is 0. The summed E-state index contributed by atoms with van der Waals surface area (Å²) in [5.41, 5.74) is 1.02. The number of hydrogen-bond acceptors (Lipinski definition) is 3. The van der Waals surface area contributed by atoms with Crippen LogP contribution in [0.1, 0.15) is 5.56 Å². The molecule has 17 heavy (non-hydrogen) atoms. The van der Waals surface area contributed by atoms with Crippen molar-refractivity contribution in [1.29, 1.82) is 0 Å². The molecule has 4 nitrogen and oxygen atoms in total. The molecule has 84 valence electrons. The SMILES string of the molecule is ClCc1cnc(-n2cncn2)c2ccccc12. The van der Waals surface area contributed by atoms with Gasteiger partial charge in [-0.05, 0) is 10.9 Å². The third-order valence-corrected chi connectivity index (χ3v) is 2.92. The number of fused-ring (bicyclic) bond motifs is 1. The number of benzene rings is 1. The lowest BCUT2D eigenvalue weighted by Crippen LogP contribution is -2.00. The zero-order chi connectivity index (χ0) is 11.7. The van der Waals surface area contributed by atoms with Gasteiger partial charge >= 0.3 is 0 Å². The van der Waals surface area contributed by atoms with Crippen molar-refractivity contribution in [3.05, 3.63) is 48.7 Å². The average molecular weight is 245 g/mol. The molecular weight excluding hydrogens is 236 g/mol. The molecule has 3 rings (SSSR count). The Hall–Kier alpha value is -1.94. The van der Waals surface area contributed by atoms with Crippen LogP contribution in [-0.2, 0) is 5.88 Å². The molecule has 0 bridgehead atoms. The molecule has 0 aliphatic heterocycles. The highest BCUT2D eigenvalue weighted by Gasteiger charge is 2.08. The first kappa shape index (κ1) is 10.2. The van der Waals surface area contributed by atoms with E-state index in [9.17, 15) is 0 Å². The van der Waals surface area contributed by atoms with Crippen molar-refractivity contribution < 1.29 is 0 Å². The molecule has 0 fully saturated rings. The van der Waals surface area contributed by atoms with E-state index in [4.69, 9.17) is 11.6 Å². The summed E-state index contributed by atoms with van der Waals surface area (Å²) in [6.07, 6.45) is 4.91. The van der Waals surface area contributed by atoms with Gasteiger partial charge in [0.2, 0.25) is 0 Å². The smallest absolute Gasteiger partial charge is 0.163 e. The van der Waals surface area contributed by atoms with Crippen LogP contribution in [0, 0.1) is 0 Å². The molecule has 0 unspecified atom stereocenters. The third-order valence-electron chi connectivity index (χ3n) is 2.64. The standard InChI is InChI=1S/C12H9ClN4/c13-5-9-6-15-12(17-8-14-7-16-17)11-4-2-1-3-10(9)11/h1-4,6-8H,5H2. The highest BCUT2D eigenvalue weighted by molar-refractivity contribution is 6.18. The van der Waals surface area contributed by atoms with Gasteiger partial charge < -0.3 is 0 Å². The molecule has 0 aliphatic rings. The van der Waals surface area contributed by atoms with E-state index < -0.39 is 0 Å². The summed E-state index contributed by atoms with van der Waals surface area (Å²) >= 11 is 5.91. The average Bonchev–Trinajstić information content (AvgIpc) is 2.91. The number of alkyl halides is 1. The predicted molar refractivity (Wildman–Crippen MR) is 66.2 cm³/mol. The lowest BCUT2D eigenvalue weighted by atomic mass is 10.1. The Labute approximate surface area is 103 Å². The van der Waals surface area contributed by atoms with Crippen molar-refractivity contribution in [2.24, 2.45) is 0 Å². The number of rotatable bonds is 2. The zero-order valence-corrected chi connectivity index (χ0v) is 9.67. The maximum atomic E-state index is 5.91. The second-order valence-electron chi connectivity index (χ2n) is 3.63. The van der Waals surface area contributed by atoms with Crippen LogP contribution in [0.3, 0.4) is 0 Å². The number of nitrogens with zero attached hydrogens (tertiary/aromatic N) is 4. The Balaban J connectivity index is 2.34. The van der Waals surface area contributed by atoms with Crippen LogP contribution in [-0.4, -0.2) is 19.7 Å². The van der Waals surface area contributed by atoms with E-state index >= 15 is 0 Å². The zero-order valence-electron chi connectivity index (χ0n) is 8.92. The largest absolute Gasteiger partial charge is 0.236 e. The Kier molecular flexibility index (Phi) is 2.49. The molecule has 2 heterocycles. The summed E-state index contributed by atoms with van der Waals surface area (Å²) in [6.45, 7) is 0. The maximum Gasteiger partial charge on any atom is 0.163 e. The van der Waals surface area contributed by atoms with Crippen LogP contribution in [0.4, 0.5) is 0 Å². The van der Waals surface area contributed by atoms with E-state index in [-0.39, 0.29) is 0 Å². The van der Waals surface area contributed by atoms with Gasteiger partial charge in [0.25, 0.3) is 0 Å². The second kappa shape index (κ2) is 4.14. The van der Waals surface area contributed by atoms with Crippen molar-refractivity contribution in [2.75, 3.05) is 0 Å². The quantitative estimate of drug-likeness (QED) is 0.651. The second-order valence-corrected chi connectivity index (χ2v) is 3.89. The van der Waals surface area contributed by atoms with Gasteiger partial charge in [0.05, 0.1) is 0 Å². The number of pyridine rings is 1. The van der Waals surface area contributed by atoms with E-state index in [1.54, 1.807) is 17.2 Å². The fourth-order valence-electron chi connectivity index (χ4n) is 1.84. The molecule has 1 aromatic carbocycles. The van der Waals surface area contributed by atoms with Gasteiger partial charge in [-0.1, -0.05) is 24.3 Å². The molecular formula is C12H9ClN4. The maximum absolute atomic E-state index is 5.91. The first-order chi connectivity index (χ1) is 8.40. The number of aromatic nitrogens is 4. The Bertz CT molecular complexity index is 649. The van der Waals surface area contributed by atoms with Crippen molar-refractivity contribution in [3.8, 4) is 5.82 Å². The lowest BCUT2D eigenvalue weighted by molar-refractivity contribution is 0.853. The van der Waals surface area contributed by atoms with Crippen LogP contribution in [0.5, 0.6) is 0 Å². The van der Waals surface area contributed by atoms with Gasteiger partial charge in [-0.15, -0.1) is 11.6 Å². The van der Waals surface area contributed by atoms with Gasteiger partial charge in [0.1, 0.15) is 12.7 Å². The van der Waals surface area contributed by atoms with Crippen LogP contribution < -0.4 is 0 Å². The monoisotopic (exact) mass is 244 g/mol. The summed E-state index contributed by atoms with van der Waals surface area (Å²) in [5, 5.41) is 6.23. The molecule has 0 amide bonds. The third kappa shape index (κ3) is 1.66. The summed E-state index contributed by atoms with van der Waals surface area (Å²) in [7, 11) is 0. The Morgan fingerprint density at radius 1 is 1.18 bits per heavy atom. The summed E-state index contributed by atoms with van der Waals surface area (Å²) < 4.78 is 1.65. The van der Waals surface area contributed by atoms with Gasteiger partial charge in [0, 0.05) is 17.5 Å². The molecule has 0 atom stereocenters. The fraction of sp³-hybridized carbons (Fsp3) is 0.0833. The van der Waals surface area contributed by atoms with Crippen molar-refractivity contribution in [1.82, 2.24) is 19.7 Å². The van der Waals surface area contributed by atoms with Gasteiger partial charge in [-0.3, -0.25) is 0 Å². The Morgan fingerprint density at radius 3 is 2.71 bits per heavy atom. The molecule has 0 spiro atoms. The fourth-order valence-corrected chi connectivity index (χ4v) is 2.06. The van der Waals surface area contributed by atoms with E-state index in [1.807, 2.05) is 24.3 Å². The van der Waals surface area contributed by atoms with Crippen LogP contribution in [0.25, 0.3) is 16.6 Å². The molecule has 0 aliphatic carbocycles. The van der Waals surface area contributed by atoms with E-state index in [0.717, 1.165) is 22.2 Å². The van der Waals surface area contributed by atoms with Crippen LogP contribution >= 0.6 is 11.6 Å². The minimum absolute atomic E-state index is 0.450. The topological polar surface area (TPSA) is 43.6 Å². The predicted octanol–water partition coefficient (Wildman–Crippen LogP) is 2.55. The molecule has 5 heteroatoms. The first-order valence-corrected chi connectivity index (χ1v) is 5.71. The molecule has 0 saturated carbocycles. The minimum Gasteiger partial charge on any atom is -0.236 e. The minimum atomic E-state index is 0.450. The van der Waals surface area contributed by atoms with Crippen molar-refractivity contribution >= 4 is 22.4 Å². The molecule has 2 aromatic heterocycles. The lowest BCUT2D eigenvalue weighted by Gasteiger charge is -2.07.